The average Bonchev–Trinajstić information content (AvgIpc) is 2.74. The lowest BCUT2D eigenvalue weighted by molar-refractivity contribution is 0.0893. The summed E-state index contributed by atoms with van der Waals surface area (Å²) in [5.41, 5.74) is 2.57. The lowest BCUT2D eigenvalue weighted by atomic mass is 9.91. The summed E-state index contributed by atoms with van der Waals surface area (Å²) in [5.74, 6) is -0.629. The van der Waals surface area contributed by atoms with Crippen LogP contribution in [0.1, 0.15) is 52.8 Å². The molecule has 0 saturated heterocycles. The smallest absolute Gasteiger partial charge is 0.265 e. The molecule has 3 aromatic rings. The summed E-state index contributed by atoms with van der Waals surface area (Å²) in [6.45, 7) is 0. The summed E-state index contributed by atoms with van der Waals surface area (Å²) in [5, 5.41) is 5.80. The van der Waals surface area contributed by atoms with Gasteiger partial charge in [0, 0.05) is 38.7 Å². The van der Waals surface area contributed by atoms with E-state index < -0.39 is 0 Å². The van der Waals surface area contributed by atoms with Gasteiger partial charge in [-0.2, -0.15) is 0 Å². The van der Waals surface area contributed by atoms with Crippen molar-refractivity contribution in [2.75, 3.05) is 10.2 Å². The molecular weight excluding hydrogens is 384 g/mol. The number of imide groups is 1. The number of nitrogens with zero attached hydrogens (tertiary/aromatic N) is 1. The van der Waals surface area contributed by atoms with E-state index >= 15 is 0 Å². The summed E-state index contributed by atoms with van der Waals surface area (Å²) in [6.07, 6.45) is 6.09. The minimum atomic E-state index is -0.315. The number of benzene rings is 3. The molecule has 5 rings (SSSR count). The second-order valence-electron chi connectivity index (χ2n) is 7.79. The summed E-state index contributed by atoms with van der Waals surface area (Å²) in [4.78, 5) is 27.8. The first kappa shape index (κ1) is 18.2. The summed E-state index contributed by atoms with van der Waals surface area (Å²) >= 11 is 6.10. The molecule has 3 aromatic carbocycles. The molecule has 5 heteroatoms. The van der Waals surface area contributed by atoms with Crippen molar-refractivity contribution in [3.63, 3.8) is 0 Å². The van der Waals surface area contributed by atoms with Crippen LogP contribution in [0.5, 0.6) is 0 Å². The third-order valence-corrected chi connectivity index (χ3v) is 6.17. The second-order valence-corrected chi connectivity index (χ2v) is 8.23. The molecule has 1 N–H and O–H groups in total. The zero-order valence-corrected chi connectivity index (χ0v) is 16.7. The van der Waals surface area contributed by atoms with Crippen molar-refractivity contribution in [3.05, 3.63) is 70.7 Å². The van der Waals surface area contributed by atoms with Crippen LogP contribution < -0.4 is 10.2 Å². The fraction of sp³-hybridized carbons (Fsp3) is 0.250. The SMILES string of the molecule is O=C1c2cccc3c(NC4CCCCC4)ccc(c23)C(=O)N1c1cccc(Cl)c1. The first-order chi connectivity index (χ1) is 14.1. The molecule has 1 heterocycles. The number of rotatable bonds is 3. The van der Waals surface area contributed by atoms with Crippen LogP contribution in [0.4, 0.5) is 11.4 Å². The van der Waals surface area contributed by atoms with E-state index in [-0.39, 0.29) is 11.8 Å². The number of carbonyl (C=O) groups excluding carboxylic acids is 2. The van der Waals surface area contributed by atoms with Crippen LogP contribution in [-0.2, 0) is 0 Å². The van der Waals surface area contributed by atoms with Crippen molar-refractivity contribution in [3.8, 4) is 0 Å². The highest BCUT2D eigenvalue weighted by atomic mass is 35.5. The zero-order chi connectivity index (χ0) is 20.0. The van der Waals surface area contributed by atoms with Crippen molar-refractivity contribution in [2.45, 2.75) is 38.1 Å². The minimum Gasteiger partial charge on any atom is -0.382 e. The van der Waals surface area contributed by atoms with E-state index in [1.807, 2.05) is 24.3 Å². The van der Waals surface area contributed by atoms with Crippen LogP contribution in [0, 0.1) is 0 Å². The first-order valence-electron chi connectivity index (χ1n) is 10.1. The molecule has 1 fully saturated rings. The van der Waals surface area contributed by atoms with Gasteiger partial charge in [0.05, 0.1) is 5.69 Å². The summed E-state index contributed by atoms with van der Waals surface area (Å²) in [7, 11) is 0. The Balaban J connectivity index is 1.61. The predicted molar refractivity (Wildman–Crippen MR) is 117 cm³/mol. The van der Waals surface area contributed by atoms with Crippen molar-refractivity contribution in [2.24, 2.45) is 0 Å². The third-order valence-electron chi connectivity index (χ3n) is 5.94. The lowest BCUT2D eigenvalue weighted by Crippen LogP contribution is -2.40. The molecule has 2 amide bonds. The fourth-order valence-corrected chi connectivity index (χ4v) is 4.72. The Morgan fingerprint density at radius 2 is 1.59 bits per heavy atom. The largest absolute Gasteiger partial charge is 0.382 e. The van der Waals surface area contributed by atoms with Gasteiger partial charge in [0.25, 0.3) is 11.8 Å². The molecule has 0 atom stereocenters. The van der Waals surface area contributed by atoms with Gasteiger partial charge in [0.1, 0.15) is 0 Å². The molecule has 0 aromatic heterocycles. The molecule has 0 spiro atoms. The second kappa shape index (κ2) is 7.20. The first-order valence-corrected chi connectivity index (χ1v) is 10.5. The standard InChI is InChI=1S/C24H21ClN2O2/c25-15-6-4-9-17(14-15)27-23(28)19-11-5-10-18-21(26-16-7-2-1-3-8-16)13-12-20(22(18)19)24(27)29/h4-6,9-14,16,26H,1-3,7-8H2. The van der Waals surface area contributed by atoms with E-state index in [1.165, 1.54) is 24.2 Å². The maximum absolute atomic E-state index is 13.3. The number of hydrogen-bond acceptors (Lipinski definition) is 3. The predicted octanol–water partition coefficient (Wildman–Crippen LogP) is 6.04. The van der Waals surface area contributed by atoms with E-state index in [9.17, 15) is 9.59 Å². The number of amides is 2. The summed E-state index contributed by atoms with van der Waals surface area (Å²) < 4.78 is 0. The Kier molecular flexibility index (Phi) is 4.51. The monoisotopic (exact) mass is 404 g/mol. The molecule has 1 aliphatic carbocycles. The van der Waals surface area contributed by atoms with Crippen molar-refractivity contribution in [1.29, 1.82) is 0 Å². The highest BCUT2D eigenvalue weighted by Gasteiger charge is 2.34. The van der Waals surface area contributed by atoms with Crippen molar-refractivity contribution >= 4 is 45.6 Å². The van der Waals surface area contributed by atoms with Gasteiger partial charge in [-0.05, 0) is 49.2 Å². The summed E-state index contributed by atoms with van der Waals surface area (Å²) in [6, 6.07) is 16.8. The van der Waals surface area contributed by atoms with Crippen molar-refractivity contribution < 1.29 is 9.59 Å². The molecule has 2 aliphatic rings. The molecule has 0 unspecified atom stereocenters. The Morgan fingerprint density at radius 1 is 0.862 bits per heavy atom. The molecular formula is C24H21ClN2O2. The van der Waals surface area contributed by atoms with Crippen LogP contribution >= 0.6 is 11.6 Å². The van der Waals surface area contributed by atoms with E-state index in [0.717, 1.165) is 29.3 Å². The van der Waals surface area contributed by atoms with Crippen LogP contribution in [0.3, 0.4) is 0 Å². The molecule has 29 heavy (non-hydrogen) atoms. The van der Waals surface area contributed by atoms with Gasteiger partial charge in [-0.1, -0.05) is 49.1 Å². The highest BCUT2D eigenvalue weighted by Crippen LogP contribution is 2.37. The van der Waals surface area contributed by atoms with Gasteiger partial charge in [-0.15, -0.1) is 0 Å². The zero-order valence-electron chi connectivity index (χ0n) is 16.0. The van der Waals surface area contributed by atoms with Gasteiger partial charge in [-0.25, -0.2) is 4.90 Å². The minimum absolute atomic E-state index is 0.315. The van der Waals surface area contributed by atoms with E-state index in [1.54, 1.807) is 30.3 Å². The van der Waals surface area contributed by atoms with Gasteiger partial charge < -0.3 is 5.32 Å². The topological polar surface area (TPSA) is 49.4 Å². The van der Waals surface area contributed by atoms with Crippen molar-refractivity contribution in [1.82, 2.24) is 0 Å². The van der Waals surface area contributed by atoms with Gasteiger partial charge in [0.15, 0.2) is 0 Å². The Labute approximate surface area is 174 Å². The van der Waals surface area contributed by atoms with Crippen LogP contribution in [-0.4, -0.2) is 17.9 Å². The normalized spacial score (nSPS) is 17.1. The number of anilines is 2. The number of nitrogens with one attached hydrogen (secondary N) is 1. The number of halogens is 1. The quantitative estimate of drug-likeness (QED) is 0.541. The highest BCUT2D eigenvalue weighted by molar-refractivity contribution is 6.37. The van der Waals surface area contributed by atoms with Crippen LogP contribution in [0.25, 0.3) is 10.8 Å². The molecule has 146 valence electrons. The van der Waals surface area contributed by atoms with Gasteiger partial charge >= 0.3 is 0 Å². The number of carbonyl (C=O) groups is 2. The molecule has 0 bridgehead atoms. The molecule has 1 saturated carbocycles. The molecule has 0 radical (unpaired) electrons. The number of hydrogen-bond donors (Lipinski definition) is 1. The maximum atomic E-state index is 13.3. The maximum Gasteiger partial charge on any atom is 0.265 e. The Bertz CT molecular complexity index is 1110. The third kappa shape index (κ3) is 3.08. The molecule has 1 aliphatic heterocycles. The Hall–Kier alpha value is -2.85. The average molecular weight is 405 g/mol. The van der Waals surface area contributed by atoms with E-state index in [2.05, 4.69) is 5.32 Å². The Morgan fingerprint density at radius 3 is 2.34 bits per heavy atom. The van der Waals surface area contributed by atoms with Gasteiger partial charge in [0.2, 0.25) is 0 Å². The lowest BCUT2D eigenvalue weighted by Gasteiger charge is -2.29. The van der Waals surface area contributed by atoms with E-state index in [0.29, 0.717) is 27.9 Å². The fourth-order valence-electron chi connectivity index (χ4n) is 4.54. The molecule has 4 nitrogen and oxygen atoms in total. The van der Waals surface area contributed by atoms with E-state index in [4.69, 9.17) is 11.6 Å². The van der Waals surface area contributed by atoms with Gasteiger partial charge in [-0.3, -0.25) is 9.59 Å². The van der Waals surface area contributed by atoms with Crippen LogP contribution in [0.2, 0.25) is 5.02 Å². The van der Waals surface area contributed by atoms with Crippen LogP contribution in [0.15, 0.2) is 54.6 Å².